The first-order valence-corrected chi connectivity index (χ1v) is 16.5. The van der Waals surface area contributed by atoms with Gasteiger partial charge in [0.05, 0.1) is 31.0 Å². The lowest BCUT2D eigenvalue weighted by Gasteiger charge is -2.20. The number of nitrogens with one attached hydrogen (secondary N) is 1. The Kier molecular flexibility index (Phi) is 9.01. The van der Waals surface area contributed by atoms with Gasteiger partial charge in [0.2, 0.25) is 0 Å². The van der Waals surface area contributed by atoms with E-state index in [9.17, 15) is 18.6 Å². The molecule has 0 aliphatic carbocycles. The van der Waals surface area contributed by atoms with Crippen molar-refractivity contribution in [3.63, 3.8) is 0 Å². The smallest absolute Gasteiger partial charge is 0.168 e. The van der Waals surface area contributed by atoms with Crippen LogP contribution in [0.15, 0.2) is 72.0 Å². The van der Waals surface area contributed by atoms with Crippen molar-refractivity contribution in [2.24, 2.45) is 4.99 Å². The average Bonchev–Trinajstić information content (AvgIpc) is 3.58. The van der Waals surface area contributed by atoms with Crippen LogP contribution in [0.25, 0.3) is 11.2 Å². The Bertz CT molecular complexity index is 1660. The van der Waals surface area contributed by atoms with Crippen molar-refractivity contribution in [2.75, 3.05) is 37.1 Å². The zero-order chi connectivity index (χ0) is 30.7. The monoisotopic (exact) mass is 620 g/mol. The maximum Gasteiger partial charge on any atom is 0.168 e. The molecule has 12 nitrogen and oxygen atoms in total. The summed E-state index contributed by atoms with van der Waals surface area (Å²) in [6.45, 7) is 0.771. The summed E-state index contributed by atoms with van der Waals surface area (Å²) in [5.74, 6) is 1.09. The molecule has 44 heavy (non-hydrogen) atoms. The molecule has 0 radical (unpaired) electrons. The molecule has 0 spiro atoms. The van der Waals surface area contributed by atoms with Crippen molar-refractivity contribution in [3.05, 3.63) is 83.9 Å². The molecule has 4 heterocycles. The molecule has 3 N–H and O–H groups in total. The van der Waals surface area contributed by atoms with Crippen LogP contribution in [-0.2, 0) is 25.9 Å². The number of imidazole rings is 1. The second-order valence-electron chi connectivity index (χ2n) is 11.1. The summed E-state index contributed by atoms with van der Waals surface area (Å²) in [6.07, 6.45) is -1.73. The van der Waals surface area contributed by atoms with Gasteiger partial charge in [0, 0.05) is 25.3 Å². The van der Waals surface area contributed by atoms with Crippen molar-refractivity contribution in [2.45, 2.75) is 49.8 Å². The highest BCUT2D eigenvalue weighted by Crippen LogP contribution is 2.33. The fourth-order valence-corrected chi connectivity index (χ4v) is 7.01. The third kappa shape index (κ3) is 6.52. The Balaban J connectivity index is 1.35. The number of aromatic nitrogens is 4. The molecule has 2 saturated heterocycles. The number of hydrogen-bond donors (Lipinski definition) is 3. The lowest BCUT2D eigenvalue weighted by molar-refractivity contribution is -0.0580. The van der Waals surface area contributed by atoms with Gasteiger partial charge in [0.25, 0.3) is 0 Å². The summed E-state index contributed by atoms with van der Waals surface area (Å²) in [7, 11) is -1.52. The molecule has 232 valence electrons. The predicted octanol–water partition coefficient (Wildman–Crippen LogP) is 2.49. The van der Waals surface area contributed by atoms with Crippen molar-refractivity contribution in [3.8, 4) is 0 Å². The van der Waals surface area contributed by atoms with Crippen molar-refractivity contribution < 1.29 is 28.1 Å². The van der Waals surface area contributed by atoms with Crippen molar-refractivity contribution in [1.29, 1.82) is 0 Å². The second kappa shape index (κ2) is 13.1. The van der Waals surface area contributed by atoms with Crippen LogP contribution in [0.2, 0.25) is 0 Å². The average molecular weight is 621 g/mol. The maximum absolute atomic E-state index is 11.9. The number of rotatable bonds is 10. The maximum atomic E-state index is 11.9. The van der Waals surface area contributed by atoms with Crippen LogP contribution in [0.1, 0.15) is 41.9 Å². The van der Waals surface area contributed by atoms with Crippen LogP contribution in [0, 0.1) is 0 Å². The fourth-order valence-electron chi connectivity index (χ4n) is 5.71. The molecule has 0 amide bonds. The summed E-state index contributed by atoms with van der Waals surface area (Å²) in [5.41, 5.74) is 3.99. The SMILES string of the molecule is COCC1O[C@@H](n2cnc3c(NCC(c4ccccc4)c4ccccc4)nc(CN=C4CCS(=O)(=O)CC4)nc32)[C@H](O)[C@@H]1O. The molecule has 6 rings (SSSR count). The van der Waals surface area contributed by atoms with Crippen LogP contribution in [-0.4, -0.2) is 93.9 Å². The Morgan fingerprint density at radius 2 is 1.68 bits per heavy atom. The first-order valence-electron chi connectivity index (χ1n) is 14.6. The lowest BCUT2D eigenvalue weighted by atomic mass is 9.91. The molecule has 0 saturated carbocycles. The summed E-state index contributed by atoms with van der Waals surface area (Å²) in [4.78, 5) is 18.8. The van der Waals surface area contributed by atoms with E-state index in [1.165, 1.54) is 13.4 Å². The number of methoxy groups -OCH3 is 1. The van der Waals surface area contributed by atoms with E-state index in [1.807, 2.05) is 36.4 Å². The quantitative estimate of drug-likeness (QED) is 0.240. The Morgan fingerprint density at radius 1 is 1.02 bits per heavy atom. The highest BCUT2D eigenvalue weighted by atomic mass is 32.2. The van der Waals surface area contributed by atoms with Crippen molar-refractivity contribution >= 4 is 32.5 Å². The van der Waals surface area contributed by atoms with Gasteiger partial charge in [-0.2, -0.15) is 0 Å². The van der Waals surface area contributed by atoms with Gasteiger partial charge in [-0.15, -0.1) is 0 Å². The third-order valence-electron chi connectivity index (χ3n) is 8.13. The third-order valence-corrected chi connectivity index (χ3v) is 9.79. The zero-order valence-corrected chi connectivity index (χ0v) is 25.2. The predicted molar refractivity (Wildman–Crippen MR) is 165 cm³/mol. The first-order chi connectivity index (χ1) is 21.3. The van der Waals surface area contributed by atoms with Crippen LogP contribution in [0.5, 0.6) is 0 Å². The van der Waals surface area contributed by atoms with Gasteiger partial charge < -0.3 is 25.0 Å². The molecule has 2 aliphatic heterocycles. The van der Waals surface area contributed by atoms with Gasteiger partial charge >= 0.3 is 0 Å². The second-order valence-corrected chi connectivity index (χ2v) is 13.4. The van der Waals surface area contributed by atoms with Gasteiger partial charge in [-0.3, -0.25) is 9.56 Å². The molecular formula is C31H36N6O6S. The molecule has 1 unspecified atom stereocenters. The minimum Gasteiger partial charge on any atom is -0.387 e. The summed E-state index contributed by atoms with van der Waals surface area (Å²) >= 11 is 0. The topological polar surface area (TPSA) is 161 Å². The van der Waals surface area contributed by atoms with E-state index in [1.54, 1.807) is 4.57 Å². The van der Waals surface area contributed by atoms with E-state index in [-0.39, 0.29) is 30.6 Å². The largest absolute Gasteiger partial charge is 0.387 e. The van der Waals surface area contributed by atoms with Crippen LogP contribution in [0.4, 0.5) is 5.82 Å². The Hall–Kier alpha value is -3.75. The number of sulfone groups is 1. The number of benzene rings is 2. The van der Waals surface area contributed by atoms with E-state index in [2.05, 4.69) is 39.6 Å². The number of hydrogen-bond acceptors (Lipinski definition) is 11. The molecular weight excluding hydrogens is 584 g/mol. The van der Waals surface area contributed by atoms with E-state index in [0.717, 1.165) is 16.8 Å². The number of aliphatic hydroxyl groups is 2. The fraction of sp³-hybridized carbons (Fsp3) is 0.419. The van der Waals surface area contributed by atoms with E-state index >= 15 is 0 Å². The molecule has 13 heteroatoms. The molecule has 0 bridgehead atoms. The first kappa shape index (κ1) is 30.3. The number of anilines is 1. The summed E-state index contributed by atoms with van der Waals surface area (Å²) in [5, 5.41) is 24.9. The molecule has 2 aromatic carbocycles. The highest BCUT2D eigenvalue weighted by Gasteiger charge is 2.44. The normalized spacial score (nSPS) is 23.3. The van der Waals surface area contributed by atoms with Crippen LogP contribution >= 0.6 is 0 Å². The van der Waals surface area contributed by atoms with Crippen LogP contribution in [0.3, 0.4) is 0 Å². The standard InChI is InChI=1S/C31H36N6O6S/c1-42-18-24-27(38)28(39)31(43-24)37-19-34-26-29(33-16-23(20-8-4-2-5-9-20)21-10-6-3-7-11-21)35-25(36-30(26)37)17-32-22-12-14-44(40,41)15-13-22/h2-11,19,23-24,27-28,31,38-39H,12-18H2,1H3,(H,33,35,36)/t24?,27-,28-,31-/m1/s1. The molecule has 2 aliphatic rings. The number of aliphatic hydroxyl groups excluding tert-OH is 2. The number of ether oxygens (including phenoxy) is 2. The van der Waals surface area contributed by atoms with Gasteiger partial charge in [0.1, 0.15) is 18.3 Å². The zero-order valence-electron chi connectivity index (χ0n) is 24.4. The van der Waals surface area contributed by atoms with E-state index in [0.29, 0.717) is 42.2 Å². The van der Waals surface area contributed by atoms with E-state index in [4.69, 9.17) is 19.4 Å². The number of aliphatic imine (C=N–C) groups is 1. The van der Waals surface area contributed by atoms with Gasteiger partial charge in [0.15, 0.2) is 38.9 Å². The molecule has 2 aromatic heterocycles. The van der Waals surface area contributed by atoms with Gasteiger partial charge in [-0.1, -0.05) is 60.7 Å². The number of fused-ring (bicyclic) bond motifs is 1. The molecule has 4 atom stereocenters. The minimum absolute atomic E-state index is 0.0160. The number of nitrogens with zero attached hydrogens (tertiary/aromatic N) is 5. The minimum atomic E-state index is -3.02. The molecule has 4 aromatic rings. The van der Waals surface area contributed by atoms with Crippen LogP contribution < -0.4 is 5.32 Å². The van der Waals surface area contributed by atoms with Gasteiger partial charge in [-0.05, 0) is 24.0 Å². The Morgan fingerprint density at radius 3 is 2.32 bits per heavy atom. The Labute approximate surface area is 255 Å². The van der Waals surface area contributed by atoms with Crippen molar-refractivity contribution in [1.82, 2.24) is 19.5 Å². The summed E-state index contributed by atoms with van der Waals surface area (Å²) in [6, 6.07) is 20.4. The van der Waals surface area contributed by atoms with E-state index < -0.39 is 34.4 Å². The highest BCUT2D eigenvalue weighted by molar-refractivity contribution is 7.91. The lowest BCUT2D eigenvalue weighted by Crippen LogP contribution is -2.33. The van der Waals surface area contributed by atoms with Gasteiger partial charge in [-0.25, -0.2) is 23.4 Å². The molecule has 2 fully saturated rings. The summed E-state index contributed by atoms with van der Waals surface area (Å²) < 4.78 is 36.5.